The van der Waals surface area contributed by atoms with E-state index in [1.165, 1.54) is 6.92 Å². The summed E-state index contributed by atoms with van der Waals surface area (Å²) in [5.41, 5.74) is 7.21. The molecule has 0 saturated carbocycles. The highest BCUT2D eigenvalue weighted by Gasteiger charge is 2.21. The molecular formula is C13H18FNO2. The molecule has 2 rings (SSSR count). The molecule has 0 aliphatic carbocycles. The van der Waals surface area contributed by atoms with Crippen LogP contribution in [-0.2, 0) is 0 Å². The van der Waals surface area contributed by atoms with Gasteiger partial charge < -0.3 is 15.2 Å². The topological polar surface area (TPSA) is 44.5 Å². The maximum Gasteiger partial charge on any atom is 0.161 e. The smallest absolute Gasteiger partial charge is 0.161 e. The average molecular weight is 239 g/mol. The zero-order valence-electron chi connectivity index (χ0n) is 10.2. The van der Waals surface area contributed by atoms with E-state index in [9.17, 15) is 4.39 Å². The Morgan fingerprint density at radius 3 is 2.18 bits per heavy atom. The van der Waals surface area contributed by atoms with Crippen LogP contribution >= 0.6 is 0 Å². The molecule has 4 heteroatoms. The number of nitrogens with two attached hydrogens (primary N) is 1. The fourth-order valence-electron chi connectivity index (χ4n) is 2.02. The van der Waals surface area contributed by atoms with E-state index in [0.29, 0.717) is 36.8 Å². The Balaban J connectivity index is 2.48. The molecule has 2 unspecified atom stereocenters. The zero-order chi connectivity index (χ0) is 12.4. The summed E-state index contributed by atoms with van der Waals surface area (Å²) in [6, 6.07) is 3.60. The lowest BCUT2D eigenvalue weighted by Gasteiger charge is -2.23. The molecule has 0 aromatic heterocycles. The van der Waals surface area contributed by atoms with Gasteiger partial charge in [0.05, 0.1) is 0 Å². The molecule has 3 nitrogen and oxygen atoms in total. The predicted octanol–water partition coefficient (Wildman–Crippen LogP) is 2.55. The number of rotatable bonds is 3. The van der Waals surface area contributed by atoms with Gasteiger partial charge in [-0.05, 0) is 42.6 Å². The normalized spacial score (nSPS) is 17.6. The molecule has 0 bridgehead atoms. The lowest BCUT2D eigenvalue weighted by atomic mass is 9.93. The van der Waals surface area contributed by atoms with Crippen LogP contribution in [-0.4, -0.2) is 19.8 Å². The van der Waals surface area contributed by atoms with Crippen molar-refractivity contribution in [3.63, 3.8) is 0 Å². The van der Waals surface area contributed by atoms with Crippen LogP contribution in [0.25, 0.3) is 0 Å². The van der Waals surface area contributed by atoms with Crippen molar-refractivity contribution < 1.29 is 13.9 Å². The van der Waals surface area contributed by atoms with Crippen molar-refractivity contribution in [3.8, 4) is 11.5 Å². The van der Waals surface area contributed by atoms with Gasteiger partial charge in [0.1, 0.15) is 19.4 Å². The third-order valence-corrected chi connectivity index (χ3v) is 3.06. The number of hydrogen-bond acceptors (Lipinski definition) is 3. The largest absolute Gasteiger partial charge is 0.486 e. The Kier molecular flexibility index (Phi) is 3.52. The van der Waals surface area contributed by atoms with E-state index >= 15 is 0 Å². The molecule has 1 aromatic rings. The van der Waals surface area contributed by atoms with Gasteiger partial charge in [-0.1, -0.05) is 6.92 Å². The van der Waals surface area contributed by atoms with E-state index in [1.807, 2.05) is 13.0 Å². The SMILES string of the molecule is CC(F)c1cc2c(cc1C(C)CN)OCCO2. The molecule has 0 saturated heterocycles. The molecule has 0 radical (unpaired) electrons. The van der Waals surface area contributed by atoms with Gasteiger partial charge in [0, 0.05) is 0 Å². The summed E-state index contributed by atoms with van der Waals surface area (Å²) in [6.07, 6.45) is -1.03. The fraction of sp³-hybridized carbons (Fsp3) is 0.538. The molecule has 1 heterocycles. The number of halogens is 1. The summed E-state index contributed by atoms with van der Waals surface area (Å²) in [6.45, 7) is 5.04. The standard InChI is InChI=1S/C13H18FNO2/c1-8(7-15)10-5-12-13(17-4-3-16-12)6-11(10)9(2)14/h5-6,8-9H,3-4,7,15H2,1-2H3. The van der Waals surface area contributed by atoms with Crippen LogP contribution in [0, 0.1) is 0 Å². The molecule has 2 N–H and O–H groups in total. The number of hydrogen-bond donors (Lipinski definition) is 1. The van der Waals surface area contributed by atoms with Gasteiger partial charge in [0.25, 0.3) is 0 Å². The highest BCUT2D eigenvalue weighted by molar-refractivity contribution is 5.50. The van der Waals surface area contributed by atoms with Gasteiger partial charge in [-0.3, -0.25) is 0 Å². The van der Waals surface area contributed by atoms with E-state index in [1.54, 1.807) is 6.07 Å². The second-order valence-corrected chi connectivity index (χ2v) is 4.38. The van der Waals surface area contributed by atoms with Crippen LogP contribution in [0.3, 0.4) is 0 Å². The molecular weight excluding hydrogens is 221 g/mol. The minimum Gasteiger partial charge on any atom is -0.486 e. The number of alkyl halides is 1. The molecule has 94 valence electrons. The Morgan fingerprint density at radius 2 is 1.71 bits per heavy atom. The lowest BCUT2D eigenvalue weighted by molar-refractivity contribution is 0.170. The van der Waals surface area contributed by atoms with Crippen LogP contribution in [0.4, 0.5) is 4.39 Å². The molecule has 17 heavy (non-hydrogen) atoms. The van der Waals surface area contributed by atoms with E-state index in [-0.39, 0.29) is 5.92 Å². The Hall–Kier alpha value is -1.29. The van der Waals surface area contributed by atoms with Crippen molar-refractivity contribution in [2.75, 3.05) is 19.8 Å². The van der Waals surface area contributed by atoms with Crippen molar-refractivity contribution >= 4 is 0 Å². The quantitative estimate of drug-likeness (QED) is 0.881. The van der Waals surface area contributed by atoms with E-state index in [2.05, 4.69) is 0 Å². The van der Waals surface area contributed by atoms with Crippen molar-refractivity contribution in [1.82, 2.24) is 0 Å². The first-order chi connectivity index (χ1) is 8.13. The Bertz CT molecular complexity index is 407. The minimum absolute atomic E-state index is 0.110. The predicted molar refractivity (Wildman–Crippen MR) is 64.4 cm³/mol. The van der Waals surface area contributed by atoms with E-state index in [4.69, 9.17) is 15.2 Å². The maximum absolute atomic E-state index is 13.6. The molecule has 0 fully saturated rings. The lowest BCUT2D eigenvalue weighted by Crippen LogP contribution is -2.17. The van der Waals surface area contributed by atoms with Gasteiger partial charge in [-0.2, -0.15) is 0 Å². The molecule has 1 aliphatic heterocycles. The van der Waals surface area contributed by atoms with Crippen LogP contribution in [0.15, 0.2) is 12.1 Å². The highest BCUT2D eigenvalue weighted by Crippen LogP contribution is 2.38. The number of benzene rings is 1. The van der Waals surface area contributed by atoms with E-state index in [0.717, 1.165) is 5.56 Å². The van der Waals surface area contributed by atoms with Crippen LogP contribution in [0.2, 0.25) is 0 Å². The Morgan fingerprint density at radius 1 is 1.18 bits per heavy atom. The highest BCUT2D eigenvalue weighted by atomic mass is 19.1. The minimum atomic E-state index is -1.03. The van der Waals surface area contributed by atoms with Crippen molar-refractivity contribution in [3.05, 3.63) is 23.3 Å². The van der Waals surface area contributed by atoms with Gasteiger partial charge in [-0.15, -0.1) is 0 Å². The summed E-state index contributed by atoms with van der Waals surface area (Å²) in [5.74, 6) is 1.43. The number of fused-ring (bicyclic) bond motifs is 1. The monoisotopic (exact) mass is 239 g/mol. The van der Waals surface area contributed by atoms with Crippen molar-refractivity contribution in [2.24, 2.45) is 5.73 Å². The van der Waals surface area contributed by atoms with Gasteiger partial charge in [0.2, 0.25) is 0 Å². The third-order valence-electron chi connectivity index (χ3n) is 3.06. The van der Waals surface area contributed by atoms with Gasteiger partial charge in [0.15, 0.2) is 11.5 Å². The van der Waals surface area contributed by atoms with Gasteiger partial charge in [-0.25, -0.2) is 4.39 Å². The van der Waals surface area contributed by atoms with Crippen LogP contribution in [0.5, 0.6) is 11.5 Å². The van der Waals surface area contributed by atoms with Crippen LogP contribution < -0.4 is 15.2 Å². The Labute approximate surface area is 101 Å². The first kappa shape index (κ1) is 12.2. The first-order valence-corrected chi connectivity index (χ1v) is 5.91. The summed E-state index contributed by atoms with van der Waals surface area (Å²) < 4.78 is 24.6. The van der Waals surface area contributed by atoms with E-state index < -0.39 is 6.17 Å². The molecule has 1 aromatic carbocycles. The summed E-state index contributed by atoms with van der Waals surface area (Å²) >= 11 is 0. The molecule has 1 aliphatic rings. The summed E-state index contributed by atoms with van der Waals surface area (Å²) in [7, 11) is 0. The van der Waals surface area contributed by atoms with Crippen molar-refractivity contribution in [1.29, 1.82) is 0 Å². The second kappa shape index (κ2) is 4.92. The fourth-order valence-corrected chi connectivity index (χ4v) is 2.02. The van der Waals surface area contributed by atoms with Crippen molar-refractivity contribution in [2.45, 2.75) is 25.9 Å². The second-order valence-electron chi connectivity index (χ2n) is 4.38. The summed E-state index contributed by atoms with van der Waals surface area (Å²) in [4.78, 5) is 0. The number of ether oxygens (including phenoxy) is 2. The summed E-state index contributed by atoms with van der Waals surface area (Å²) in [5, 5.41) is 0. The molecule has 2 atom stereocenters. The maximum atomic E-state index is 13.6. The molecule has 0 spiro atoms. The zero-order valence-corrected chi connectivity index (χ0v) is 10.2. The first-order valence-electron chi connectivity index (χ1n) is 5.91. The van der Waals surface area contributed by atoms with Gasteiger partial charge >= 0.3 is 0 Å². The average Bonchev–Trinajstić information content (AvgIpc) is 2.36. The third kappa shape index (κ3) is 2.36. The molecule has 0 amide bonds. The van der Waals surface area contributed by atoms with Crippen LogP contribution in [0.1, 0.15) is 37.1 Å².